The molecule has 0 bridgehead atoms. The van der Waals surface area contributed by atoms with Gasteiger partial charge in [-0.05, 0) is 86.8 Å². The maximum atomic E-state index is 11.3. The van der Waals surface area contributed by atoms with Gasteiger partial charge < -0.3 is 55.4 Å². The van der Waals surface area contributed by atoms with Crippen LogP contribution in [0.4, 0.5) is 0 Å². The number of Topliss-reactive ketones (excluding diaryl/α,β-unsaturated/α-hetero) is 1. The third-order valence-electron chi connectivity index (χ3n) is 12.4. The Bertz CT molecular complexity index is 2190. The van der Waals surface area contributed by atoms with Crippen molar-refractivity contribution < 1.29 is 98.6 Å². The van der Waals surface area contributed by atoms with Crippen LogP contribution >= 0.6 is 0 Å². The van der Waals surface area contributed by atoms with Gasteiger partial charge in [0.1, 0.15) is 18.0 Å². The van der Waals surface area contributed by atoms with Crippen LogP contribution in [0.5, 0.6) is 0 Å². The molecule has 0 aromatic carbocycles. The molecule has 69 heavy (non-hydrogen) atoms. The van der Waals surface area contributed by atoms with Crippen molar-refractivity contribution in [3.63, 3.8) is 0 Å². The van der Waals surface area contributed by atoms with Gasteiger partial charge in [0.05, 0.1) is 17.3 Å². The molecule has 9 N–H and O–H groups in total. The van der Waals surface area contributed by atoms with Crippen LogP contribution in [0.25, 0.3) is 0 Å². The van der Waals surface area contributed by atoms with Crippen molar-refractivity contribution in [1.82, 2.24) is 0 Å². The number of carbonyl (C=O) groups excluding carboxylic acids is 2. The van der Waals surface area contributed by atoms with Crippen molar-refractivity contribution in [3.8, 4) is 0 Å². The number of aliphatic hydroxyl groups is 2. The molecule has 5 aliphatic carbocycles. The number of carboxylic acids is 7. The van der Waals surface area contributed by atoms with E-state index in [1.165, 1.54) is 30.4 Å². The van der Waals surface area contributed by atoms with Gasteiger partial charge in [0.15, 0.2) is 22.9 Å². The lowest BCUT2D eigenvalue weighted by molar-refractivity contribution is -0.168. The van der Waals surface area contributed by atoms with E-state index < -0.39 is 71.5 Å². The second-order valence-electron chi connectivity index (χ2n) is 17.7. The van der Waals surface area contributed by atoms with Gasteiger partial charge in [0, 0.05) is 41.7 Å². The van der Waals surface area contributed by atoms with Crippen molar-refractivity contribution in [2.75, 3.05) is 0 Å². The Balaban J connectivity index is 0.000000434. The maximum Gasteiger partial charge on any atom is 0.370 e. The van der Waals surface area contributed by atoms with E-state index >= 15 is 0 Å². The summed E-state index contributed by atoms with van der Waals surface area (Å²) < 4.78 is 10.1. The molecule has 0 heterocycles. The molecule has 0 aromatic rings. The highest BCUT2D eigenvalue weighted by atomic mass is 16.5. The fraction of sp³-hybridized carbons (Fsp3) is 0.490. The van der Waals surface area contributed by atoms with Gasteiger partial charge in [-0.2, -0.15) is 0 Å². The molecule has 0 radical (unpaired) electrons. The van der Waals surface area contributed by atoms with Gasteiger partial charge in [-0.1, -0.05) is 72.8 Å². The second kappa shape index (κ2) is 26.6. The zero-order chi connectivity index (χ0) is 53.4. The summed E-state index contributed by atoms with van der Waals surface area (Å²) in [4.78, 5) is 96.8. The molecule has 0 saturated heterocycles. The summed E-state index contributed by atoms with van der Waals surface area (Å²) in [6, 6.07) is 0. The molecular formula is C49H64O20. The minimum Gasteiger partial charge on any atom is -0.479 e. The summed E-state index contributed by atoms with van der Waals surface area (Å²) in [6.45, 7) is 21.1. The SMILES string of the molecule is C=C(OC1C=C(C(=O)O)C=CC1C)C(=O)O.C=C(OC1CC=CC(C(=O)O)=C1C)C(=O)O.CC1CC(C(=O)O)=CC(=O)C1C.CC1CC(C(=O)O)=CC(O)C1C.CC1CC(O)(C(=O)O)CC(=O)C1C. The van der Waals surface area contributed by atoms with Crippen LogP contribution < -0.4 is 0 Å². The largest absolute Gasteiger partial charge is 0.479 e. The van der Waals surface area contributed by atoms with Crippen molar-refractivity contribution in [2.45, 2.75) is 111 Å². The molecule has 5 rings (SSSR count). The monoisotopic (exact) mass is 972 g/mol. The topological polar surface area (TPSA) is 354 Å². The van der Waals surface area contributed by atoms with Crippen LogP contribution in [0.15, 0.2) is 95.1 Å². The number of ketones is 2. The van der Waals surface area contributed by atoms with Crippen LogP contribution in [0, 0.1) is 41.4 Å². The van der Waals surface area contributed by atoms with Gasteiger partial charge >= 0.3 is 41.8 Å². The van der Waals surface area contributed by atoms with E-state index in [-0.39, 0.29) is 88.3 Å². The fourth-order valence-electron chi connectivity index (χ4n) is 7.12. The molecule has 380 valence electrons. The maximum absolute atomic E-state index is 11.3. The van der Waals surface area contributed by atoms with E-state index in [1.807, 2.05) is 27.7 Å². The highest BCUT2D eigenvalue weighted by Gasteiger charge is 2.46. The van der Waals surface area contributed by atoms with E-state index in [4.69, 9.17) is 45.2 Å². The molecule has 0 aromatic heterocycles. The lowest BCUT2D eigenvalue weighted by Crippen LogP contribution is -2.48. The number of carbonyl (C=O) groups is 9. The molecule has 0 spiro atoms. The summed E-state index contributed by atoms with van der Waals surface area (Å²) >= 11 is 0. The molecule has 1 fully saturated rings. The standard InChI is InChI=1S/2C11H12O5.C9H14O4.C9H14O3.C9H12O3/c1-6-3-4-8(11(14)15)5-9(6)16-7(2)10(12)13;1-6-8(11(14)15)4-3-5-9(6)16-7(2)10(12)13;1-5-3-9(13,8(11)12)4-7(10)6(5)2;2*1-5-3-7(9(11)12)4-8(10)6(5)2/h3-6,9H,2H2,1H3,(H,12,13)(H,14,15);3-4,9H,2,5H2,1H3,(H,12,13)(H,14,15);5-6,13H,3-4H2,1-2H3,(H,11,12);4-6,8,10H,3H2,1-2H3,(H,11,12);4-6H,3H2,1-2H3,(H,11,12). The Kier molecular flexibility index (Phi) is 23.1. The van der Waals surface area contributed by atoms with Crippen molar-refractivity contribution >= 4 is 53.4 Å². The molecule has 0 amide bonds. The first-order valence-electron chi connectivity index (χ1n) is 21.8. The van der Waals surface area contributed by atoms with E-state index in [0.29, 0.717) is 30.4 Å². The van der Waals surface area contributed by atoms with Crippen LogP contribution in [0.1, 0.15) is 87.5 Å². The molecule has 20 nitrogen and oxygen atoms in total. The molecule has 11 unspecified atom stereocenters. The number of allylic oxidation sites excluding steroid dienone is 1. The van der Waals surface area contributed by atoms with E-state index in [0.717, 1.165) is 0 Å². The molecule has 20 heteroatoms. The number of carboxylic acid groups (broad SMARTS) is 7. The van der Waals surface area contributed by atoms with Crippen molar-refractivity contribution in [3.05, 3.63) is 95.1 Å². The van der Waals surface area contributed by atoms with E-state index in [1.54, 1.807) is 39.8 Å². The first kappa shape index (κ1) is 60.1. The summed E-state index contributed by atoms with van der Waals surface area (Å²) in [6.07, 6.45) is 9.96. The lowest BCUT2D eigenvalue weighted by Gasteiger charge is -2.34. The Labute approximate surface area is 399 Å². The Morgan fingerprint density at radius 1 is 0.681 bits per heavy atom. The Morgan fingerprint density at radius 2 is 1.22 bits per heavy atom. The zero-order valence-electron chi connectivity index (χ0n) is 39.8. The first-order chi connectivity index (χ1) is 31.7. The number of aliphatic hydroxyl groups excluding tert-OH is 1. The van der Waals surface area contributed by atoms with Gasteiger partial charge in [-0.15, -0.1) is 0 Å². The molecule has 11 atom stereocenters. The third-order valence-corrected chi connectivity index (χ3v) is 12.4. The second-order valence-corrected chi connectivity index (χ2v) is 17.7. The van der Waals surface area contributed by atoms with Crippen molar-refractivity contribution in [1.29, 1.82) is 0 Å². The smallest absolute Gasteiger partial charge is 0.370 e. The van der Waals surface area contributed by atoms with Crippen LogP contribution in [-0.4, -0.2) is 123 Å². The van der Waals surface area contributed by atoms with Crippen LogP contribution in [-0.2, 0) is 52.6 Å². The summed E-state index contributed by atoms with van der Waals surface area (Å²) in [5.74, 6) is -8.60. The van der Waals surface area contributed by atoms with Gasteiger partial charge in [-0.3, -0.25) is 9.59 Å². The summed E-state index contributed by atoms with van der Waals surface area (Å²) in [7, 11) is 0. The normalized spacial score (nSPS) is 29.0. The Hall–Kier alpha value is -6.93. The van der Waals surface area contributed by atoms with Gasteiger partial charge in [0.25, 0.3) is 0 Å². The highest BCUT2D eigenvalue weighted by molar-refractivity contribution is 6.01. The summed E-state index contributed by atoms with van der Waals surface area (Å²) in [5, 5.41) is 79.9. The number of ether oxygens (including phenoxy) is 2. The van der Waals surface area contributed by atoms with E-state index in [9.17, 15) is 53.4 Å². The quantitative estimate of drug-likeness (QED) is 0.0945. The molecular weight excluding hydrogens is 909 g/mol. The number of hydrogen-bond acceptors (Lipinski definition) is 13. The van der Waals surface area contributed by atoms with Gasteiger partial charge in [0.2, 0.25) is 0 Å². The minimum atomic E-state index is -1.83. The first-order valence-corrected chi connectivity index (χ1v) is 21.8. The molecule has 0 aliphatic heterocycles. The third kappa shape index (κ3) is 18.2. The molecule has 5 aliphatic rings. The van der Waals surface area contributed by atoms with Crippen molar-refractivity contribution in [2.24, 2.45) is 41.4 Å². The Morgan fingerprint density at radius 3 is 1.67 bits per heavy atom. The van der Waals surface area contributed by atoms with Crippen LogP contribution in [0.2, 0.25) is 0 Å². The predicted octanol–water partition coefficient (Wildman–Crippen LogP) is 5.23. The minimum absolute atomic E-state index is 0.0342. The fourth-order valence-corrected chi connectivity index (χ4v) is 7.12. The predicted molar refractivity (Wildman–Crippen MR) is 245 cm³/mol. The average Bonchev–Trinajstić information content (AvgIpc) is 3.25. The average molecular weight is 973 g/mol. The number of rotatable bonds is 11. The van der Waals surface area contributed by atoms with Gasteiger partial charge in [-0.25, -0.2) is 33.6 Å². The van der Waals surface area contributed by atoms with Crippen LogP contribution in [0.3, 0.4) is 0 Å². The highest BCUT2D eigenvalue weighted by Crippen LogP contribution is 2.34. The zero-order valence-corrected chi connectivity index (χ0v) is 39.8. The summed E-state index contributed by atoms with van der Waals surface area (Å²) in [5.41, 5.74) is -0.532. The number of aliphatic carboxylic acids is 7. The molecule has 1 saturated carbocycles. The number of hydrogen-bond donors (Lipinski definition) is 9. The lowest BCUT2D eigenvalue weighted by atomic mass is 9.72. The van der Waals surface area contributed by atoms with E-state index in [2.05, 4.69) is 13.2 Å².